The predicted octanol–water partition coefficient (Wildman–Crippen LogP) is 2.49. The summed E-state index contributed by atoms with van der Waals surface area (Å²) in [4.78, 5) is 22.0. The number of hydrogen-bond acceptors (Lipinski definition) is 5. The van der Waals surface area contributed by atoms with E-state index in [0.29, 0.717) is 24.9 Å². The number of morpholine rings is 1. The highest BCUT2D eigenvalue weighted by atomic mass is 16.5. The number of benzene rings is 1. The van der Waals surface area contributed by atoms with Gasteiger partial charge in [0.1, 0.15) is 5.82 Å². The number of aryl methyl sites for hydroxylation is 2. The Morgan fingerprint density at radius 1 is 1.28 bits per heavy atom. The van der Waals surface area contributed by atoms with Crippen molar-refractivity contribution in [1.82, 2.24) is 24.6 Å². The second-order valence-electron chi connectivity index (χ2n) is 7.44. The summed E-state index contributed by atoms with van der Waals surface area (Å²) in [5.74, 6) is 0.608. The third-order valence-corrected chi connectivity index (χ3v) is 5.26. The molecule has 0 radical (unpaired) electrons. The molecule has 0 saturated carbocycles. The van der Waals surface area contributed by atoms with Gasteiger partial charge in [0.05, 0.1) is 18.4 Å². The minimum Gasteiger partial charge on any atom is -0.376 e. The Bertz CT molecular complexity index is 966. The summed E-state index contributed by atoms with van der Waals surface area (Å²) >= 11 is 0. The van der Waals surface area contributed by atoms with Crippen LogP contribution in [0.5, 0.6) is 0 Å². The summed E-state index contributed by atoms with van der Waals surface area (Å²) in [6, 6.07) is 11.7. The molecule has 3 heterocycles. The zero-order chi connectivity index (χ0) is 20.1. The number of rotatable bonds is 7. The monoisotopic (exact) mass is 393 g/mol. The molecule has 1 saturated heterocycles. The van der Waals surface area contributed by atoms with Gasteiger partial charge in [-0.25, -0.2) is 4.98 Å². The highest BCUT2D eigenvalue weighted by molar-refractivity contribution is 5.55. The van der Waals surface area contributed by atoms with Crippen molar-refractivity contribution in [3.05, 3.63) is 70.4 Å². The van der Waals surface area contributed by atoms with Crippen LogP contribution in [0.4, 0.5) is 0 Å². The molecule has 0 aliphatic carbocycles. The van der Waals surface area contributed by atoms with Crippen LogP contribution in [0.25, 0.3) is 11.4 Å². The largest absolute Gasteiger partial charge is 0.376 e. The minimum absolute atomic E-state index is 0.131. The standard InChI is InChI=1S/C22H27N5O2/c1-2-20-16-26(12-13-29-20)15-17-4-6-18(7-5-17)22-24-19(14-21(28)25-22)8-11-27-10-3-9-23-27/h3-7,9-10,14,20H,2,8,11-13,15-16H2,1H3,(H,24,25,28)/t20-/m1/s1. The molecule has 29 heavy (non-hydrogen) atoms. The Morgan fingerprint density at radius 2 is 2.14 bits per heavy atom. The molecule has 3 aromatic rings. The molecule has 1 aliphatic heterocycles. The van der Waals surface area contributed by atoms with Gasteiger partial charge in [-0.05, 0) is 18.1 Å². The topological polar surface area (TPSA) is 76.0 Å². The fourth-order valence-corrected chi connectivity index (χ4v) is 3.63. The molecule has 1 N–H and O–H groups in total. The van der Waals surface area contributed by atoms with E-state index in [1.165, 1.54) is 5.56 Å². The quantitative estimate of drug-likeness (QED) is 0.667. The zero-order valence-electron chi connectivity index (χ0n) is 16.8. The summed E-state index contributed by atoms with van der Waals surface area (Å²) < 4.78 is 7.59. The number of nitrogens with one attached hydrogen (secondary N) is 1. The van der Waals surface area contributed by atoms with Crippen LogP contribution >= 0.6 is 0 Å². The molecule has 1 fully saturated rings. The van der Waals surface area contributed by atoms with Crippen molar-refractivity contribution in [3.63, 3.8) is 0 Å². The lowest BCUT2D eigenvalue weighted by Crippen LogP contribution is -2.41. The molecular formula is C22H27N5O2. The van der Waals surface area contributed by atoms with Gasteiger partial charge in [-0.2, -0.15) is 5.10 Å². The van der Waals surface area contributed by atoms with Crippen LogP contribution in [0.1, 0.15) is 24.6 Å². The Labute approximate surface area is 170 Å². The van der Waals surface area contributed by atoms with Crippen molar-refractivity contribution in [2.24, 2.45) is 0 Å². The zero-order valence-corrected chi connectivity index (χ0v) is 16.8. The van der Waals surface area contributed by atoms with Gasteiger partial charge >= 0.3 is 0 Å². The average Bonchev–Trinajstić information content (AvgIpc) is 3.26. The van der Waals surface area contributed by atoms with E-state index in [0.717, 1.165) is 43.9 Å². The number of aromatic amines is 1. The Kier molecular flexibility index (Phi) is 6.17. The van der Waals surface area contributed by atoms with Crippen molar-refractivity contribution >= 4 is 0 Å². The van der Waals surface area contributed by atoms with Crippen molar-refractivity contribution < 1.29 is 4.74 Å². The average molecular weight is 393 g/mol. The number of H-pyrrole nitrogens is 1. The molecule has 0 spiro atoms. The van der Waals surface area contributed by atoms with E-state index in [1.54, 1.807) is 12.3 Å². The minimum atomic E-state index is -0.131. The van der Waals surface area contributed by atoms with Crippen molar-refractivity contribution in [1.29, 1.82) is 0 Å². The fraction of sp³-hybridized carbons (Fsp3) is 0.409. The van der Waals surface area contributed by atoms with Gasteiger partial charge in [0, 0.05) is 56.6 Å². The normalized spacial score (nSPS) is 17.5. The third kappa shape index (κ3) is 5.19. The smallest absolute Gasteiger partial charge is 0.251 e. The number of ether oxygens (including phenoxy) is 1. The second-order valence-corrected chi connectivity index (χ2v) is 7.44. The predicted molar refractivity (Wildman–Crippen MR) is 112 cm³/mol. The first kappa shape index (κ1) is 19.5. The van der Waals surface area contributed by atoms with Crippen molar-refractivity contribution in [3.8, 4) is 11.4 Å². The molecule has 4 rings (SSSR count). The van der Waals surface area contributed by atoms with Crippen LogP contribution in [0.3, 0.4) is 0 Å². The molecule has 1 aliphatic rings. The maximum absolute atomic E-state index is 12.1. The molecule has 1 atom stereocenters. The lowest BCUT2D eigenvalue weighted by atomic mass is 10.1. The van der Waals surface area contributed by atoms with E-state index in [-0.39, 0.29) is 5.56 Å². The van der Waals surface area contributed by atoms with Crippen LogP contribution in [-0.2, 0) is 24.2 Å². The van der Waals surface area contributed by atoms with E-state index in [4.69, 9.17) is 4.74 Å². The summed E-state index contributed by atoms with van der Waals surface area (Å²) in [5, 5.41) is 4.19. The molecular weight excluding hydrogens is 366 g/mol. The van der Waals surface area contributed by atoms with E-state index in [1.807, 2.05) is 29.1 Å². The maximum Gasteiger partial charge on any atom is 0.251 e. The van der Waals surface area contributed by atoms with E-state index >= 15 is 0 Å². The first-order chi connectivity index (χ1) is 14.2. The van der Waals surface area contributed by atoms with Gasteiger partial charge < -0.3 is 9.72 Å². The first-order valence-electron chi connectivity index (χ1n) is 10.2. The molecule has 1 aromatic carbocycles. The number of hydrogen-bond donors (Lipinski definition) is 1. The molecule has 152 valence electrons. The molecule has 0 unspecified atom stereocenters. The molecule has 0 amide bonds. The van der Waals surface area contributed by atoms with E-state index in [9.17, 15) is 4.79 Å². The lowest BCUT2D eigenvalue weighted by molar-refractivity contribution is -0.0324. The Hall–Kier alpha value is -2.77. The maximum atomic E-state index is 12.1. The molecule has 7 nitrogen and oxygen atoms in total. The van der Waals surface area contributed by atoms with Crippen LogP contribution < -0.4 is 5.56 Å². The Balaban J connectivity index is 1.43. The van der Waals surface area contributed by atoms with Crippen LogP contribution in [0.2, 0.25) is 0 Å². The van der Waals surface area contributed by atoms with Crippen molar-refractivity contribution in [2.75, 3.05) is 19.7 Å². The second kappa shape index (κ2) is 9.15. The fourth-order valence-electron chi connectivity index (χ4n) is 3.63. The van der Waals surface area contributed by atoms with Crippen LogP contribution in [0.15, 0.2) is 53.6 Å². The number of nitrogens with zero attached hydrogens (tertiary/aromatic N) is 4. The molecule has 2 aromatic heterocycles. The summed E-state index contributed by atoms with van der Waals surface area (Å²) in [6.45, 7) is 6.51. The lowest BCUT2D eigenvalue weighted by Gasteiger charge is -2.32. The van der Waals surface area contributed by atoms with Gasteiger partial charge in [-0.3, -0.25) is 14.4 Å². The first-order valence-corrected chi connectivity index (χ1v) is 10.2. The van der Waals surface area contributed by atoms with Gasteiger partial charge in [0.2, 0.25) is 0 Å². The molecule has 0 bridgehead atoms. The van der Waals surface area contributed by atoms with Crippen molar-refractivity contribution in [2.45, 2.75) is 39.0 Å². The highest BCUT2D eigenvalue weighted by Gasteiger charge is 2.18. The van der Waals surface area contributed by atoms with Crippen LogP contribution in [-0.4, -0.2) is 50.4 Å². The van der Waals surface area contributed by atoms with Crippen LogP contribution in [0, 0.1) is 0 Å². The highest BCUT2D eigenvalue weighted by Crippen LogP contribution is 2.17. The van der Waals surface area contributed by atoms with E-state index in [2.05, 4.69) is 39.0 Å². The SMILES string of the molecule is CC[C@@H]1CN(Cc2ccc(-c3nc(CCn4cccn4)cc(=O)[nH]3)cc2)CCO1. The van der Waals surface area contributed by atoms with Gasteiger partial charge in [-0.1, -0.05) is 31.2 Å². The van der Waals surface area contributed by atoms with Gasteiger partial charge in [0.25, 0.3) is 5.56 Å². The summed E-state index contributed by atoms with van der Waals surface area (Å²) in [7, 11) is 0. The Morgan fingerprint density at radius 3 is 2.90 bits per heavy atom. The van der Waals surface area contributed by atoms with Gasteiger partial charge in [-0.15, -0.1) is 0 Å². The number of aromatic nitrogens is 4. The summed E-state index contributed by atoms with van der Waals surface area (Å²) in [5.41, 5.74) is 2.80. The van der Waals surface area contributed by atoms with E-state index < -0.39 is 0 Å². The third-order valence-electron chi connectivity index (χ3n) is 5.26. The van der Waals surface area contributed by atoms with Gasteiger partial charge in [0.15, 0.2) is 0 Å². The molecule has 7 heteroatoms. The summed E-state index contributed by atoms with van der Waals surface area (Å²) in [6.07, 6.45) is 5.70.